The summed E-state index contributed by atoms with van der Waals surface area (Å²) in [6.07, 6.45) is 5.92. The van der Waals surface area contributed by atoms with E-state index in [4.69, 9.17) is 5.11 Å². The maximum absolute atomic E-state index is 8.91. The number of aliphatic hydroxyl groups excluding tert-OH is 1. The zero-order valence-electron chi connectivity index (χ0n) is 11.2. The van der Waals surface area contributed by atoms with E-state index in [1.54, 1.807) is 0 Å². The molecule has 0 aromatic heterocycles. The zero-order valence-corrected chi connectivity index (χ0v) is 14.4. The largest absolute Gasteiger partial charge is 3.00 e. The summed E-state index contributed by atoms with van der Waals surface area (Å²) in [4.78, 5) is 0. The Hall–Kier alpha value is -0.167. The van der Waals surface area contributed by atoms with E-state index in [1.165, 1.54) is 19.3 Å². The third kappa shape index (κ3) is 14.1. The molecule has 1 radical (unpaired) electrons. The minimum absolute atomic E-state index is 0. The van der Waals surface area contributed by atoms with Crippen molar-refractivity contribution in [1.82, 2.24) is 0 Å². The second-order valence-corrected chi connectivity index (χ2v) is 4.22. The van der Waals surface area contributed by atoms with E-state index >= 15 is 0 Å². The van der Waals surface area contributed by atoms with Crippen molar-refractivity contribution in [2.75, 3.05) is 0 Å². The number of hydrogen-bond donors (Lipinski definition) is 1. The molecule has 0 amide bonds. The average molecular weight is 357 g/mol. The molecule has 0 atom stereocenters. The van der Waals surface area contributed by atoms with Crippen LogP contribution in [0.25, 0.3) is 0 Å². The van der Waals surface area contributed by atoms with Crippen molar-refractivity contribution >= 4 is 0 Å². The van der Waals surface area contributed by atoms with E-state index in [9.17, 15) is 0 Å². The molecule has 2 aromatic carbocycles. The first kappa shape index (κ1) is 21.1. The van der Waals surface area contributed by atoms with E-state index in [2.05, 4.69) is 0 Å². The first-order valence-electron chi connectivity index (χ1n) is 6.41. The molecule has 3 rings (SSSR count). The maximum Gasteiger partial charge on any atom is 3.00 e. The topological polar surface area (TPSA) is 20.2 Å². The molecule has 0 unspecified atom stereocenters. The van der Waals surface area contributed by atoms with Gasteiger partial charge in [0, 0.05) is 0 Å². The van der Waals surface area contributed by atoms with Crippen LogP contribution in [0.1, 0.15) is 32.1 Å². The molecule has 19 heavy (non-hydrogen) atoms. The smallest absolute Gasteiger partial charge is 1.00 e. The molecule has 0 heterocycles. The molecule has 0 aliphatic heterocycles. The minimum atomic E-state index is 0. The van der Waals surface area contributed by atoms with Gasteiger partial charge < -0.3 is 17.5 Å². The fraction of sp³-hybridized carbons (Fsp3) is 0.375. The fourth-order valence-corrected chi connectivity index (χ4v) is 1.72. The molecular weight excluding hydrogens is 335 g/mol. The van der Waals surface area contributed by atoms with Crippen LogP contribution in [0.5, 0.6) is 0 Å². The first-order valence-corrected chi connectivity index (χ1v) is 6.41. The molecule has 1 N–H and O–H groups in total. The van der Waals surface area contributed by atoms with E-state index in [0.717, 1.165) is 12.8 Å². The predicted octanol–water partition coefficient (Wildman–Crippen LogP) is 1.12. The van der Waals surface area contributed by atoms with Crippen molar-refractivity contribution in [3.05, 3.63) is 60.7 Å². The second kappa shape index (κ2) is 15.9. The zero-order chi connectivity index (χ0) is 12.2. The van der Waals surface area contributed by atoms with Crippen molar-refractivity contribution in [2.45, 2.75) is 38.2 Å². The molecule has 1 aliphatic carbocycles. The van der Waals surface area contributed by atoms with Gasteiger partial charge >= 0.3 is 26.2 Å². The second-order valence-electron chi connectivity index (χ2n) is 4.22. The SMILES string of the molecule is OC1CCCCC1.[Cl-].[Zr+3].c1cc[cH-]c1.c1cc[cH-]c1. The monoisotopic (exact) mass is 355 g/mol. The molecular formula is C16H22ClOZr. The summed E-state index contributed by atoms with van der Waals surface area (Å²) < 4.78 is 0. The van der Waals surface area contributed by atoms with Crippen molar-refractivity contribution in [1.29, 1.82) is 0 Å². The maximum atomic E-state index is 8.91. The Balaban J connectivity index is 0. The van der Waals surface area contributed by atoms with Gasteiger partial charge in [-0.1, -0.05) is 19.3 Å². The van der Waals surface area contributed by atoms with Crippen molar-refractivity contribution in [2.24, 2.45) is 0 Å². The van der Waals surface area contributed by atoms with Gasteiger partial charge in [-0.2, -0.15) is 36.4 Å². The van der Waals surface area contributed by atoms with Crippen LogP contribution >= 0.6 is 0 Å². The fourth-order valence-electron chi connectivity index (χ4n) is 1.72. The molecule has 0 bridgehead atoms. The molecule has 1 fully saturated rings. The van der Waals surface area contributed by atoms with Gasteiger partial charge in [-0.3, -0.25) is 0 Å². The summed E-state index contributed by atoms with van der Waals surface area (Å²) in [6.45, 7) is 0. The van der Waals surface area contributed by atoms with Crippen molar-refractivity contribution in [3.8, 4) is 0 Å². The first-order chi connectivity index (χ1) is 8.39. The Labute approximate surface area is 142 Å². The Morgan fingerprint density at radius 1 is 0.737 bits per heavy atom. The third-order valence-corrected chi connectivity index (χ3v) is 2.69. The summed E-state index contributed by atoms with van der Waals surface area (Å²) in [5, 5.41) is 8.91. The van der Waals surface area contributed by atoms with Gasteiger partial charge in [0.25, 0.3) is 0 Å². The molecule has 0 saturated heterocycles. The third-order valence-electron chi connectivity index (χ3n) is 2.69. The summed E-state index contributed by atoms with van der Waals surface area (Å²) in [6, 6.07) is 20.0. The summed E-state index contributed by atoms with van der Waals surface area (Å²) in [5.41, 5.74) is 0. The van der Waals surface area contributed by atoms with Crippen molar-refractivity contribution < 1.29 is 43.7 Å². The van der Waals surface area contributed by atoms with Gasteiger partial charge in [-0.05, 0) is 12.8 Å². The quantitative estimate of drug-likeness (QED) is 0.701. The summed E-state index contributed by atoms with van der Waals surface area (Å²) >= 11 is 0. The number of halogens is 1. The standard InChI is InChI=1S/C6H12O.2C5H5.ClH.Zr/c7-6-4-2-1-3-5-6;2*1-2-4-5-3-1;;/h6-7H,1-5H2;2*1-5H;1H;/q;2*-1;;+3/p-1. The van der Waals surface area contributed by atoms with Crippen LogP contribution in [-0.4, -0.2) is 11.2 Å². The number of hydrogen-bond acceptors (Lipinski definition) is 1. The van der Waals surface area contributed by atoms with Crippen LogP contribution in [0.4, 0.5) is 0 Å². The van der Waals surface area contributed by atoms with Gasteiger partial charge in [-0.25, -0.2) is 24.3 Å². The molecule has 2 aromatic rings. The number of rotatable bonds is 0. The molecule has 0 spiro atoms. The van der Waals surface area contributed by atoms with Crippen LogP contribution in [-0.2, 0) is 26.2 Å². The Morgan fingerprint density at radius 2 is 1.11 bits per heavy atom. The van der Waals surface area contributed by atoms with Crippen LogP contribution < -0.4 is 12.4 Å². The Morgan fingerprint density at radius 3 is 1.26 bits per heavy atom. The molecule has 1 nitrogen and oxygen atoms in total. The predicted molar refractivity (Wildman–Crippen MR) is 73.2 cm³/mol. The van der Waals surface area contributed by atoms with Gasteiger partial charge in [0.2, 0.25) is 0 Å². The van der Waals surface area contributed by atoms with E-state index in [0.29, 0.717) is 0 Å². The van der Waals surface area contributed by atoms with E-state index in [1.807, 2.05) is 60.7 Å². The summed E-state index contributed by atoms with van der Waals surface area (Å²) in [5.74, 6) is 0. The number of aliphatic hydroxyl groups is 1. The minimum Gasteiger partial charge on any atom is -1.00 e. The van der Waals surface area contributed by atoms with Crippen LogP contribution in [0.2, 0.25) is 0 Å². The molecule has 3 heteroatoms. The van der Waals surface area contributed by atoms with Gasteiger partial charge in [0.05, 0.1) is 6.10 Å². The van der Waals surface area contributed by atoms with E-state index < -0.39 is 0 Å². The van der Waals surface area contributed by atoms with Crippen molar-refractivity contribution in [3.63, 3.8) is 0 Å². The van der Waals surface area contributed by atoms with Gasteiger partial charge in [-0.15, -0.1) is 0 Å². The van der Waals surface area contributed by atoms with Gasteiger partial charge in [0.1, 0.15) is 0 Å². The van der Waals surface area contributed by atoms with Crippen LogP contribution in [0, 0.1) is 0 Å². The van der Waals surface area contributed by atoms with E-state index in [-0.39, 0.29) is 44.7 Å². The Kier molecular flexibility index (Phi) is 17.7. The molecule has 103 valence electrons. The molecule has 1 aliphatic rings. The normalized spacial score (nSPS) is 13.5. The van der Waals surface area contributed by atoms with Crippen LogP contribution in [0.15, 0.2) is 60.7 Å². The average Bonchev–Trinajstić information content (AvgIpc) is 3.09. The molecule has 1 saturated carbocycles. The Bertz CT molecular complexity index is 252. The van der Waals surface area contributed by atoms with Crippen LogP contribution in [0.3, 0.4) is 0 Å². The summed E-state index contributed by atoms with van der Waals surface area (Å²) in [7, 11) is 0. The van der Waals surface area contributed by atoms with Gasteiger partial charge in [0.15, 0.2) is 0 Å².